The molecule has 100 valence electrons. The van der Waals surface area contributed by atoms with E-state index >= 15 is 0 Å². The largest absolute Gasteiger partial charge is 0.308 e. The maximum absolute atomic E-state index is 12.0. The zero-order valence-corrected chi connectivity index (χ0v) is 11.8. The van der Waals surface area contributed by atoms with Gasteiger partial charge in [-0.1, -0.05) is 42.0 Å². The van der Waals surface area contributed by atoms with Crippen LogP contribution in [0.3, 0.4) is 0 Å². The average molecular weight is 285 g/mol. The Balaban J connectivity index is 2.19. The first-order valence-electron chi connectivity index (χ1n) is 6.35. The van der Waals surface area contributed by atoms with Crippen LogP contribution in [0.15, 0.2) is 36.5 Å². The molecule has 4 heteroatoms. The Morgan fingerprint density at radius 3 is 2.80 bits per heavy atom. The molecule has 0 unspecified atom stereocenters. The van der Waals surface area contributed by atoms with Crippen LogP contribution in [-0.4, -0.2) is 10.9 Å². The van der Waals surface area contributed by atoms with Crippen molar-refractivity contribution in [3.63, 3.8) is 0 Å². The third-order valence-electron chi connectivity index (χ3n) is 3.37. The van der Waals surface area contributed by atoms with E-state index in [4.69, 9.17) is 11.6 Å². The Bertz CT molecular complexity index is 709. The van der Waals surface area contributed by atoms with Gasteiger partial charge >= 0.3 is 0 Å². The third-order valence-corrected chi connectivity index (χ3v) is 3.58. The smallest absolute Gasteiger partial charge is 0.224 e. The number of para-hydroxylation sites is 1. The lowest BCUT2D eigenvalue weighted by Gasteiger charge is -2.25. The van der Waals surface area contributed by atoms with Gasteiger partial charge in [0.2, 0.25) is 5.91 Å². The number of hydrogen-bond acceptors (Lipinski definition) is 2. The number of rotatable bonds is 0. The summed E-state index contributed by atoms with van der Waals surface area (Å²) >= 11 is 5.96. The number of nitrogens with zero attached hydrogens (tertiary/aromatic N) is 2. The zero-order chi connectivity index (χ0) is 14.1. The molecule has 0 saturated heterocycles. The number of aromatic nitrogens is 1. The molecular weight excluding hydrogens is 272 g/mol. The van der Waals surface area contributed by atoms with Gasteiger partial charge in [-0.2, -0.15) is 0 Å². The summed E-state index contributed by atoms with van der Waals surface area (Å²) in [6.07, 6.45) is 5.74. The molecule has 1 aliphatic rings. The summed E-state index contributed by atoms with van der Waals surface area (Å²) in [4.78, 5) is 17.8. The van der Waals surface area contributed by atoms with E-state index in [1.54, 1.807) is 18.0 Å². The van der Waals surface area contributed by atoms with E-state index in [9.17, 15) is 4.79 Å². The molecule has 0 atom stereocenters. The maximum Gasteiger partial charge on any atom is 0.224 e. The van der Waals surface area contributed by atoms with Gasteiger partial charge in [-0.15, -0.1) is 0 Å². The Hall–Kier alpha value is -2.13. The molecule has 1 aromatic heterocycles. The lowest BCUT2D eigenvalue weighted by molar-refractivity contribution is -0.116. The molecule has 1 amide bonds. The van der Waals surface area contributed by atoms with Crippen molar-refractivity contribution in [3.8, 4) is 0 Å². The van der Waals surface area contributed by atoms with Gasteiger partial charge in [0.05, 0.1) is 12.2 Å². The molecular formula is C16H13ClN2O. The average Bonchev–Trinajstić information content (AvgIpc) is 2.41. The van der Waals surface area contributed by atoms with E-state index in [-0.39, 0.29) is 5.91 Å². The summed E-state index contributed by atoms with van der Waals surface area (Å²) in [6.45, 7) is 2.07. The molecule has 0 radical (unpaired) electrons. The van der Waals surface area contributed by atoms with Crippen molar-refractivity contribution in [2.45, 2.75) is 13.5 Å². The predicted molar refractivity (Wildman–Crippen MR) is 81.5 cm³/mol. The Labute approximate surface area is 122 Å². The van der Waals surface area contributed by atoms with E-state index in [0.29, 0.717) is 11.7 Å². The van der Waals surface area contributed by atoms with Crippen molar-refractivity contribution in [1.82, 2.24) is 4.98 Å². The van der Waals surface area contributed by atoms with Crippen molar-refractivity contribution in [3.05, 3.63) is 58.4 Å². The lowest BCUT2D eigenvalue weighted by Crippen LogP contribution is -2.29. The zero-order valence-electron chi connectivity index (χ0n) is 11.0. The Kier molecular flexibility index (Phi) is 3.28. The number of fused-ring (bicyclic) bond motifs is 2. The number of halogens is 1. The number of anilines is 1. The number of pyridine rings is 1. The Morgan fingerprint density at radius 1 is 1.25 bits per heavy atom. The quantitative estimate of drug-likeness (QED) is 0.690. The number of benzene rings is 1. The van der Waals surface area contributed by atoms with Gasteiger partial charge in [0, 0.05) is 13.1 Å². The van der Waals surface area contributed by atoms with Crippen LogP contribution in [0.5, 0.6) is 0 Å². The SMILES string of the molecule is CC(=O)N1Cc2cc(Cl)ncc2C=Cc2ccccc21. The number of carbonyl (C=O) groups is 1. The molecule has 2 heterocycles. The highest BCUT2D eigenvalue weighted by molar-refractivity contribution is 6.29. The van der Waals surface area contributed by atoms with Gasteiger partial charge in [0.1, 0.15) is 5.15 Å². The second-order valence-electron chi connectivity index (χ2n) is 4.70. The summed E-state index contributed by atoms with van der Waals surface area (Å²) in [6, 6.07) is 9.66. The van der Waals surface area contributed by atoms with Crippen LogP contribution >= 0.6 is 11.6 Å². The van der Waals surface area contributed by atoms with Crippen LogP contribution < -0.4 is 4.90 Å². The second kappa shape index (κ2) is 5.10. The highest BCUT2D eigenvalue weighted by Crippen LogP contribution is 2.29. The van der Waals surface area contributed by atoms with Crippen LogP contribution in [0.2, 0.25) is 5.15 Å². The van der Waals surface area contributed by atoms with Gasteiger partial charge < -0.3 is 4.90 Å². The van der Waals surface area contributed by atoms with Crippen LogP contribution in [0, 0.1) is 0 Å². The van der Waals surface area contributed by atoms with Crippen LogP contribution in [0.25, 0.3) is 12.2 Å². The lowest BCUT2D eigenvalue weighted by atomic mass is 10.0. The normalized spacial score (nSPS) is 13.2. The minimum absolute atomic E-state index is 0.00614. The Morgan fingerprint density at radius 2 is 2.00 bits per heavy atom. The highest BCUT2D eigenvalue weighted by Gasteiger charge is 2.18. The van der Waals surface area contributed by atoms with Gasteiger partial charge in [-0.3, -0.25) is 4.79 Å². The molecule has 2 aromatic rings. The standard InChI is InChI=1S/C16H13ClN2O/c1-11(20)19-10-14-8-16(17)18-9-13(14)7-6-12-4-2-3-5-15(12)19/h2-9H,10H2,1H3. The number of amides is 1. The van der Waals surface area contributed by atoms with E-state index in [1.807, 2.05) is 42.5 Å². The first-order valence-corrected chi connectivity index (χ1v) is 6.72. The minimum atomic E-state index is 0.00614. The number of hydrogen-bond donors (Lipinski definition) is 0. The van der Waals surface area contributed by atoms with E-state index in [0.717, 1.165) is 22.4 Å². The monoisotopic (exact) mass is 284 g/mol. The summed E-state index contributed by atoms with van der Waals surface area (Å²) < 4.78 is 0. The van der Waals surface area contributed by atoms with E-state index in [1.165, 1.54) is 0 Å². The second-order valence-corrected chi connectivity index (χ2v) is 5.09. The highest BCUT2D eigenvalue weighted by atomic mass is 35.5. The van der Waals surface area contributed by atoms with Crippen LogP contribution in [0.4, 0.5) is 5.69 Å². The third kappa shape index (κ3) is 2.32. The molecule has 20 heavy (non-hydrogen) atoms. The molecule has 0 bridgehead atoms. The van der Waals surface area contributed by atoms with Crippen molar-refractivity contribution in [2.24, 2.45) is 0 Å². The summed E-state index contributed by atoms with van der Waals surface area (Å²) in [5, 5.41) is 0.439. The fourth-order valence-corrected chi connectivity index (χ4v) is 2.54. The van der Waals surface area contributed by atoms with Crippen molar-refractivity contribution in [1.29, 1.82) is 0 Å². The maximum atomic E-state index is 12.0. The summed E-state index contributed by atoms with van der Waals surface area (Å²) in [5.41, 5.74) is 3.90. The van der Waals surface area contributed by atoms with Crippen molar-refractivity contribution in [2.75, 3.05) is 4.90 Å². The van der Waals surface area contributed by atoms with Crippen LogP contribution in [-0.2, 0) is 11.3 Å². The topological polar surface area (TPSA) is 33.2 Å². The summed E-state index contributed by atoms with van der Waals surface area (Å²) in [7, 11) is 0. The van der Waals surface area contributed by atoms with Gasteiger partial charge in [0.15, 0.2) is 0 Å². The van der Waals surface area contributed by atoms with Crippen LogP contribution in [0.1, 0.15) is 23.6 Å². The molecule has 1 aromatic carbocycles. The molecule has 0 fully saturated rings. The van der Waals surface area contributed by atoms with Gasteiger partial charge in [-0.05, 0) is 28.8 Å². The molecule has 0 N–H and O–H groups in total. The van der Waals surface area contributed by atoms with Crippen molar-refractivity contribution >= 4 is 35.3 Å². The van der Waals surface area contributed by atoms with Crippen molar-refractivity contribution < 1.29 is 4.79 Å². The van der Waals surface area contributed by atoms with E-state index in [2.05, 4.69) is 4.98 Å². The first kappa shape index (κ1) is 12.9. The van der Waals surface area contributed by atoms with Gasteiger partial charge in [0.25, 0.3) is 0 Å². The molecule has 3 rings (SSSR count). The molecule has 0 saturated carbocycles. The molecule has 3 nitrogen and oxygen atoms in total. The number of carbonyl (C=O) groups excluding carboxylic acids is 1. The minimum Gasteiger partial charge on any atom is -0.308 e. The molecule has 1 aliphatic heterocycles. The fourth-order valence-electron chi connectivity index (χ4n) is 2.36. The fraction of sp³-hybridized carbons (Fsp3) is 0.125. The first-order chi connectivity index (χ1) is 9.65. The van der Waals surface area contributed by atoms with Gasteiger partial charge in [-0.25, -0.2) is 4.98 Å². The predicted octanol–water partition coefficient (Wildman–Crippen LogP) is 3.77. The van der Waals surface area contributed by atoms with E-state index < -0.39 is 0 Å². The molecule has 0 aliphatic carbocycles. The molecule has 0 spiro atoms. The summed E-state index contributed by atoms with van der Waals surface area (Å²) in [5.74, 6) is 0.00614.